The Labute approximate surface area is 112 Å². The number of nitrogens with zero attached hydrogens (tertiary/aromatic N) is 1. The van der Waals surface area contributed by atoms with Crippen molar-refractivity contribution in [3.63, 3.8) is 0 Å². The second kappa shape index (κ2) is 5.96. The number of benzene rings is 1. The number of alkyl halides is 2. The molecule has 20 heavy (non-hydrogen) atoms. The predicted octanol–water partition coefficient (Wildman–Crippen LogP) is 3.14. The fourth-order valence-corrected chi connectivity index (χ4v) is 1.39. The molecule has 2 aromatic rings. The minimum absolute atomic E-state index is 0.0569. The summed E-state index contributed by atoms with van der Waals surface area (Å²) in [6, 6.07) is 5.92. The molecule has 0 amide bonds. The molecule has 1 heterocycles. The molecule has 0 bridgehead atoms. The van der Waals surface area contributed by atoms with Crippen LogP contribution in [0.2, 0.25) is 0 Å². The van der Waals surface area contributed by atoms with Gasteiger partial charge in [0.2, 0.25) is 5.89 Å². The largest absolute Gasteiger partial charge is 0.476 e. The molecular weight excluding hydrogens is 272 g/mol. The maximum absolute atomic E-state index is 12.0. The number of hydrogen-bond acceptors (Lipinski definition) is 4. The number of aromatic carboxylic acids is 1. The van der Waals surface area contributed by atoms with Crippen molar-refractivity contribution >= 4 is 18.1 Å². The minimum atomic E-state index is -2.86. The molecule has 0 aliphatic carbocycles. The van der Waals surface area contributed by atoms with Crippen LogP contribution in [0.5, 0.6) is 5.75 Å². The Bertz CT molecular complexity index is 620. The third-order valence-corrected chi connectivity index (χ3v) is 2.26. The van der Waals surface area contributed by atoms with Crippen LogP contribution in [-0.2, 0) is 0 Å². The lowest BCUT2D eigenvalue weighted by Crippen LogP contribution is -2.01. The van der Waals surface area contributed by atoms with E-state index < -0.39 is 12.6 Å². The van der Waals surface area contributed by atoms with E-state index in [4.69, 9.17) is 9.52 Å². The summed E-state index contributed by atoms with van der Waals surface area (Å²) in [6.45, 7) is -2.86. The molecule has 0 aliphatic heterocycles. The summed E-state index contributed by atoms with van der Waals surface area (Å²) in [4.78, 5) is 14.3. The average molecular weight is 281 g/mol. The normalized spacial score (nSPS) is 11.2. The van der Waals surface area contributed by atoms with Crippen molar-refractivity contribution in [1.29, 1.82) is 0 Å². The van der Waals surface area contributed by atoms with Crippen LogP contribution in [0.3, 0.4) is 0 Å². The molecule has 1 aromatic carbocycles. The topological polar surface area (TPSA) is 72.6 Å². The lowest BCUT2D eigenvalue weighted by atomic mass is 10.2. The van der Waals surface area contributed by atoms with Gasteiger partial charge in [-0.25, -0.2) is 9.78 Å². The highest BCUT2D eigenvalue weighted by molar-refractivity contribution is 5.85. The molecule has 1 aromatic heterocycles. The zero-order chi connectivity index (χ0) is 14.5. The van der Waals surface area contributed by atoms with Gasteiger partial charge in [0, 0.05) is 6.08 Å². The van der Waals surface area contributed by atoms with Crippen molar-refractivity contribution in [2.75, 3.05) is 0 Å². The van der Waals surface area contributed by atoms with Crippen LogP contribution in [0.25, 0.3) is 12.2 Å². The summed E-state index contributed by atoms with van der Waals surface area (Å²) in [6.07, 6.45) is 4.10. The number of carbonyl (C=O) groups is 1. The van der Waals surface area contributed by atoms with Crippen molar-refractivity contribution in [1.82, 2.24) is 4.98 Å². The van der Waals surface area contributed by atoms with Crippen LogP contribution in [0.15, 0.2) is 34.9 Å². The monoisotopic (exact) mass is 281 g/mol. The standard InChI is InChI=1S/C13H9F2NO4/c14-13(15)20-9-4-1-8(2-5-9)3-6-11-16-10(7-19-11)12(17)18/h1-7,13H,(H,17,18). The molecule has 0 atom stereocenters. The summed E-state index contributed by atoms with van der Waals surface area (Å²) >= 11 is 0. The van der Waals surface area contributed by atoms with Crippen molar-refractivity contribution in [2.45, 2.75) is 6.61 Å². The van der Waals surface area contributed by atoms with E-state index in [1.165, 1.54) is 18.2 Å². The third-order valence-electron chi connectivity index (χ3n) is 2.26. The number of hydrogen-bond donors (Lipinski definition) is 1. The highest BCUT2D eigenvalue weighted by Gasteiger charge is 2.08. The fraction of sp³-hybridized carbons (Fsp3) is 0.0769. The van der Waals surface area contributed by atoms with Crippen LogP contribution >= 0.6 is 0 Å². The van der Waals surface area contributed by atoms with Crippen LogP contribution in [0, 0.1) is 0 Å². The maximum atomic E-state index is 12.0. The van der Waals surface area contributed by atoms with Gasteiger partial charge in [0.15, 0.2) is 5.69 Å². The quantitative estimate of drug-likeness (QED) is 0.911. The van der Waals surface area contributed by atoms with Crippen molar-refractivity contribution in [3.05, 3.63) is 47.7 Å². The van der Waals surface area contributed by atoms with Crippen molar-refractivity contribution in [2.24, 2.45) is 0 Å². The van der Waals surface area contributed by atoms with Crippen molar-refractivity contribution < 1.29 is 27.8 Å². The third kappa shape index (κ3) is 3.64. The number of carboxylic acids is 1. The molecule has 0 aliphatic rings. The van der Waals surface area contributed by atoms with E-state index in [0.717, 1.165) is 6.26 Å². The summed E-state index contributed by atoms with van der Waals surface area (Å²) in [5.74, 6) is -0.987. The summed E-state index contributed by atoms with van der Waals surface area (Å²) in [7, 11) is 0. The number of rotatable bonds is 5. The Balaban J connectivity index is 2.05. The molecule has 7 heteroatoms. The van der Waals surface area contributed by atoms with Gasteiger partial charge in [-0.3, -0.25) is 0 Å². The second-order valence-corrected chi connectivity index (χ2v) is 3.66. The van der Waals surface area contributed by atoms with Gasteiger partial charge in [-0.2, -0.15) is 8.78 Å². The van der Waals surface area contributed by atoms with E-state index in [1.54, 1.807) is 18.2 Å². The molecule has 1 N–H and O–H groups in total. The van der Waals surface area contributed by atoms with Crippen LogP contribution < -0.4 is 4.74 Å². The van der Waals surface area contributed by atoms with Gasteiger partial charge in [-0.15, -0.1) is 0 Å². The van der Waals surface area contributed by atoms with Gasteiger partial charge in [0.05, 0.1) is 0 Å². The van der Waals surface area contributed by atoms with E-state index in [-0.39, 0.29) is 17.3 Å². The number of oxazole rings is 1. The molecule has 104 valence electrons. The van der Waals surface area contributed by atoms with Gasteiger partial charge in [0.25, 0.3) is 0 Å². The highest BCUT2D eigenvalue weighted by atomic mass is 19.3. The Morgan fingerprint density at radius 3 is 2.55 bits per heavy atom. The Hall–Kier alpha value is -2.70. The first-order valence-electron chi connectivity index (χ1n) is 5.46. The molecule has 0 fully saturated rings. The zero-order valence-corrected chi connectivity index (χ0v) is 9.99. The molecule has 0 saturated heterocycles. The maximum Gasteiger partial charge on any atom is 0.387 e. The number of ether oxygens (including phenoxy) is 1. The predicted molar refractivity (Wildman–Crippen MR) is 65.5 cm³/mol. The highest BCUT2D eigenvalue weighted by Crippen LogP contribution is 2.16. The molecule has 2 rings (SSSR count). The van der Waals surface area contributed by atoms with E-state index >= 15 is 0 Å². The van der Waals surface area contributed by atoms with Gasteiger partial charge < -0.3 is 14.3 Å². The Morgan fingerprint density at radius 2 is 2.00 bits per heavy atom. The number of halogens is 2. The lowest BCUT2D eigenvalue weighted by Gasteiger charge is -2.03. The first-order chi connectivity index (χ1) is 9.54. The molecule has 0 unspecified atom stereocenters. The van der Waals surface area contributed by atoms with Crippen LogP contribution in [-0.4, -0.2) is 22.7 Å². The second-order valence-electron chi connectivity index (χ2n) is 3.66. The number of carboxylic acid groups (broad SMARTS) is 1. The summed E-state index contributed by atoms with van der Waals surface area (Å²) in [5.41, 5.74) is 0.507. The smallest absolute Gasteiger partial charge is 0.387 e. The van der Waals surface area contributed by atoms with Crippen LogP contribution in [0.4, 0.5) is 8.78 Å². The van der Waals surface area contributed by atoms with Gasteiger partial charge >= 0.3 is 12.6 Å². The van der Waals surface area contributed by atoms with Gasteiger partial charge in [0.1, 0.15) is 12.0 Å². The minimum Gasteiger partial charge on any atom is -0.476 e. The Morgan fingerprint density at radius 1 is 1.30 bits per heavy atom. The van der Waals surface area contributed by atoms with Gasteiger partial charge in [-0.1, -0.05) is 12.1 Å². The fourth-order valence-electron chi connectivity index (χ4n) is 1.39. The Kier molecular flexibility index (Phi) is 4.09. The molecular formula is C13H9F2NO4. The summed E-state index contributed by atoms with van der Waals surface area (Å²) < 4.78 is 33.0. The van der Waals surface area contributed by atoms with Crippen LogP contribution in [0.1, 0.15) is 21.9 Å². The average Bonchev–Trinajstić information content (AvgIpc) is 2.86. The SMILES string of the molecule is O=C(O)c1coc(C=Cc2ccc(OC(F)F)cc2)n1. The molecule has 0 radical (unpaired) electrons. The first kappa shape index (κ1) is 13.7. The van der Waals surface area contributed by atoms with Gasteiger partial charge in [-0.05, 0) is 23.8 Å². The van der Waals surface area contributed by atoms with Crippen molar-refractivity contribution in [3.8, 4) is 5.75 Å². The van der Waals surface area contributed by atoms with E-state index in [2.05, 4.69) is 9.72 Å². The molecule has 5 nitrogen and oxygen atoms in total. The molecule has 0 spiro atoms. The van der Waals surface area contributed by atoms with E-state index in [1.807, 2.05) is 0 Å². The van der Waals surface area contributed by atoms with E-state index in [0.29, 0.717) is 5.56 Å². The zero-order valence-electron chi connectivity index (χ0n) is 9.99. The van der Waals surface area contributed by atoms with E-state index in [9.17, 15) is 13.6 Å². The lowest BCUT2D eigenvalue weighted by molar-refractivity contribution is -0.0498. The summed E-state index contributed by atoms with van der Waals surface area (Å²) in [5, 5.41) is 8.66. The first-order valence-corrected chi connectivity index (χ1v) is 5.46. The number of aromatic nitrogens is 1. The molecule has 0 saturated carbocycles.